The van der Waals surface area contributed by atoms with Gasteiger partial charge in [0.05, 0.1) is 11.1 Å². The molecule has 4 heteroatoms. The lowest BCUT2D eigenvalue weighted by atomic mass is 9.88. The van der Waals surface area contributed by atoms with Gasteiger partial charge in [0.25, 0.3) is 5.91 Å². The maximum Gasteiger partial charge on any atom is 0.253 e. The van der Waals surface area contributed by atoms with E-state index in [1.54, 1.807) is 36.7 Å². The van der Waals surface area contributed by atoms with Crippen molar-refractivity contribution in [2.24, 2.45) is 0 Å². The van der Waals surface area contributed by atoms with Gasteiger partial charge < -0.3 is 5.32 Å². The lowest BCUT2D eigenvalue weighted by Crippen LogP contribution is -2.43. The van der Waals surface area contributed by atoms with Crippen LogP contribution in [0.15, 0.2) is 48.8 Å². The van der Waals surface area contributed by atoms with Crippen molar-refractivity contribution in [3.8, 4) is 0 Å². The Hall–Kier alpha value is -2.23. The zero-order chi connectivity index (χ0) is 14.7. The number of nitrogens with zero attached hydrogens (tertiary/aromatic N) is 1. The van der Waals surface area contributed by atoms with Gasteiger partial charge in [-0.15, -0.1) is 0 Å². The first-order chi connectivity index (χ1) is 10.2. The van der Waals surface area contributed by atoms with Crippen molar-refractivity contribution in [1.82, 2.24) is 10.3 Å². The van der Waals surface area contributed by atoms with Crippen LogP contribution in [0.3, 0.4) is 0 Å². The fraction of sp³-hybridized carbons (Fsp3) is 0.294. The third kappa shape index (κ3) is 2.79. The van der Waals surface area contributed by atoms with Crippen LogP contribution in [0.5, 0.6) is 0 Å². The van der Waals surface area contributed by atoms with Crippen LogP contribution in [-0.4, -0.2) is 10.9 Å². The van der Waals surface area contributed by atoms with Gasteiger partial charge in [-0.1, -0.05) is 25.0 Å². The third-order valence-electron chi connectivity index (χ3n) is 4.13. The zero-order valence-corrected chi connectivity index (χ0v) is 11.7. The molecule has 1 saturated carbocycles. The number of aromatic nitrogens is 1. The number of nitrogens with one attached hydrogen (secondary N) is 1. The third-order valence-corrected chi connectivity index (χ3v) is 4.13. The van der Waals surface area contributed by atoms with Crippen molar-refractivity contribution < 1.29 is 9.18 Å². The Bertz CT molecular complexity index is 619. The van der Waals surface area contributed by atoms with Gasteiger partial charge >= 0.3 is 0 Å². The quantitative estimate of drug-likeness (QED) is 0.938. The van der Waals surface area contributed by atoms with Crippen molar-refractivity contribution in [1.29, 1.82) is 0 Å². The summed E-state index contributed by atoms with van der Waals surface area (Å²) in [6, 6.07) is 9.93. The zero-order valence-electron chi connectivity index (χ0n) is 11.7. The smallest absolute Gasteiger partial charge is 0.253 e. The number of halogens is 1. The molecule has 1 N–H and O–H groups in total. The topological polar surface area (TPSA) is 42.0 Å². The molecule has 0 aliphatic heterocycles. The highest BCUT2D eigenvalue weighted by atomic mass is 19.1. The van der Waals surface area contributed by atoms with Gasteiger partial charge in [-0.2, -0.15) is 0 Å². The summed E-state index contributed by atoms with van der Waals surface area (Å²) in [4.78, 5) is 16.4. The summed E-state index contributed by atoms with van der Waals surface area (Å²) in [6.45, 7) is 0. The molecule has 108 valence electrons. The van der Waals surface area contributed by atoms with E-state index in [2.05, 4.69) is 10.3 Å². The van der Waals surface area contributed by atoms with E-state index in [4.69, 9.17) is 0 Å². The molecular weight excluding hydrogens is 267 g/mol. The molecule has 1 heterocycles. The van der Waals surface area contributed by atoms with E-state index in [1.165, 1.54) is 12.1 Å². The molecule has 0 spiro atoms. The Morgan fingerprint density at radius 3 is 2.48 bits per heavy atom. The molecule has 1 aliphatic rings. The summed E-state index contributed by atoms with van der Waals surface area (Å²) < 4.78 is 13.1. The second-order valence-corrected chi connectivity index (χ2v) is 5.49. The fourth-order valence-electron chi connectivity index (χ4n) is 3.02. The first-order valence-electron chi connectivity index (χ1n) is 7.18. The van der Waals surface area contributed by atoms with Crippen LogP contribution in [0.1, 0.15) is 41.6 Å². The SMILES string of the molecule is O=C(NC1(c2ccc(F)cc2)CCCC1)c1cccnc1. The summed E-state index contributed by atoms with van der Waals surface area (Å²) in [5.74, 6) is -0.389. The molecular formula is C17H17FN2O. The number of benzene rings is 1. The second-order valence-electron chi connectivity index (χ2n) is 5.49. The molecule has 0 unspecified atom stereocenters. The minimum atomic E-state index is -0.388. The number of hydrogen-bond acceptors (Lipinski definition) is 2. The monoisotopic (exact) mass is 284 g/mol. The van der Waals surface area contributed by atoms with E-state index in [1.807, 2.05) is 0 Å². The van der Waals surface area contributed by atoms with Gasteiger partial charge in [-0.3, -0.25) is 9.78 Å². The highest BCUT2D eigenvalue weighted by Crippen LogP contribution is 2.39. The fourth-order valence-corrected chi connectivity index (χ4v) is 3.02. The lowest BCUT2D eigenvalue weighted by Gasteiger charge is -2.31. The van der Waals surface area contributed by atoms with Crippen molar-refractivity contribution in [2.45, 2.75) is 31.2 Å². The normalized spacial score (nSPS) is 16.6. The molecule has 1 aromatic heterocycles. The molecule has 1 aliphatic carbocycles. The summed E-state index contributed by atoms with van der Waals surface area (Å²) in [6.07, 6.45) is 7.08. The van der Waals surface area contributed by atoms with Crippen LogP contribution in [0.25, 0.3) is 0 Å². The van der Waals surface area contributed by atoms with Crippen LogP contribution in [0, 0.1) is 5.82 Å². The maximum absolute atomic E-state index is 13.1. The van der Waals surface area contributed by atoms with Crippen LogP contribution in [0.2, 0.25) is 0 Å². The summed E-state index contributed by atoms with van der Waals surface area (Å²) in [7, 11) is 0. The van der Waals surface area contributed by atoms with Crippen molar-refractivity contribution in [3.63, 3.8) is 0 Å². The molecule has 0 atom stereocenters. The largest absolute Gasteiger partial charge is 0.342 e. The van der Waals surface area contributed by atoms with E-state index in [-0.39, 0.29) is 17.3 Å². The van der Waals surface area contributed by atoms with Crippen LogP contribution in [-0.2, 0) is 5.54 Å². The minimum absolute atomic E-state index is 0.130. The Balaban J connectivity index is 1.88. The first-order valence-corrected chi connectivity index (χ1v) is 7.18. The molecule has 0 bridgehead atoms. The number of pyridine rings is 1. The predicted molar refractivity (Wildman–Crippen MR) is 78.2 cm³/mol. The number of carbonyl (C=O) groups is 1. The first kappa shape index (κ1) is 13.7. The molecule has 2 aromatic rings. The van der Waals surface area contributed by atoms with Crippen molar-refractivity contribution >= 4 is 5.91 Å². The van der Waals surface area contributed by atoms with Crippen molar-refractivity contribution in [3.05, 3.63) is 65.7 Å². The molecule has 1 amide bonds. The van der Waals surface area contributed by atoms with E-state index in [0.717, 1.165) is 31.2 Å². The van der Waals surface area contributed by atoms with E-state index in [9.17, 15) is 9.18 Å². The molecule has 3 rings (SSSR count). The number of hydrogen-bond donors (Lipinski definition) is 1. The van der Waals surface area contributed by atoms with Crippen molar-refractivity contribution in [2.75, 3.05) is 0 Å². The number of rotatable bonds is 3. The lowest BCUT2D eigenvalue weighted by molar-refractivity contribution is 0.0898. The molecule has 21 heavy (non-hydrogen) atoms. The molecule has 3 nitrogen and oxygen atoms in total. The number of carbonyl (C=O) groups excluding carboxylic acids is 1. The Morgan fingerprint density at radius 2 is 1.86 bits per heavy atom. The summed E-state index contributed by atoms with van der Waals surface area (Å²) >= 11 is 0. The van der Waals surface area contributed by atoms with Gasteiger partial charge in [0.2, 0.25) is 0 Å². The van der Waals surface area contributed by atoms with Gasteiger partial charge in [-0.05, 0) is 42.7 Å². The second kappa shape index (κ2) is 5.64. The van der Waals surface area contributed by atoms with E-state index >= 15 is 0 Å². The van der Waals surface area contributed by atoms with Gasteiger partial charge in [0.15, 0.2) is 0 Å². The van der Waals surface area contributed by atoms with Gasteiger partial charge in [-0.25, -0.2) is 4.39 Å². The molecule has 0 saturated heterocycles. The van der Waals surface area contributed by atoms with Crippen LogP contribution >= 0.6 is 0 Å². The average Bonchev–Trinajstić information content (AvgIpc) is 2.98. The van der Waals surface area contributed by atoms with E-state index < -0.39 is 0 Å². The highest BCUT2D eigenvalue weighted by Gasteiger charge is 2.37. The number of amides is 1. The summed E-state index contributed by atoms with van der Waals surface area (Å²) in [5, 5.41) is 3.14. The standard InChI is InChI=1S/C17H17FN2O/c18-15-7-5-14(6-8-15)17(9-1-2-10-17)20-16(21)13-4-3-11-19-12-13/h3-8,11-12H,1-2,9-10H2,(H,20,21). The summed E-state index contributed by atoms with van der Waals surface area (Å²) in [5.41, 5.74) is 1.13. The van der Waals surface area contributed by atoms with Crippen LogP contribution < -0.4 is 5.32 Å². The van der Waals surface area contributed by atoms with E-state index in [0.29, 0.717) is 5.56 Å². The Kier molecular flexibility index (Phi) is 3.69. The molecule has 1 fully saturated rings. The maximum atomic E-state index is 13.1. The van der Waals surface area contributed by atoms with Gasteiger partial charge in [0, 0.05) is 12.4 Å². The minimum Gasteiger partial charge on any atom is -0.342 e. The van der Waals surface area contributed by atoms with Gasteiger partial charge in [0.1, 0.15) is 5.82 Å². The van der Waals surface area contributed by atoms with Crippen LogP contribution in [0.4, 0.5) is 4.39 Å². The average molecular weight is 284 g/mol. The molecule has 1 aromatic carbocycles. The Morgan fingerprint density at radius 1 is 1.14 bits per heavy atom. The highest BCUT2D eigenvalue weighted by molar-refractivity contribution is 5.94. The Labute approximate surface area is 123 Å². The predicted octanol–water partition coefficient (Wildman–Crippen LogP) is 3.42. The molecule has 0 radical (unpaired) electrons.